The molecule has 458 valence electrons. The van der Waals surface area contributed by atoms with Crippen molar-refractivity contribution in [1.29, 1.82) is 0 Å². The maximum Gasteiger partial charge on any atom is 0.416 e. The summed E-state index contributed by atoms with van der Waals surface area (Å²) in [6.45, 7) is 5.68. The van der Waals surface area contributed by atoms with Gasteiger partial charge >= 0.3 is 18.1 Å². The van der Waals surface area contributed by atoms with E-state index in [1.807, 2.05) is 26.2 Å². The molecule has 3 aliphatic carbocycles. The monoisotopic (exact) mass is 1210 g/mol. The van der Waals surface area contributed by atoms with E-state index in [0.29, 0.717) is 74.7 Å². The van der Waals surface area contributed by atoms with Gasteiger partial charge in [0.05, 0.1) is 45.4 Å². The number of unbranched alkanes of at least 4 members (excludes halogenated alkanes) is 1. The van der Waals surface area contributed by atoms with Gasteiger partial charge in [0.2, 0.25) is 11.9 Å². The number of pyridine rings is 3. The highest BCUT2D eigenvalue weighted by atomic mass is 19.4. The predicted molar refractivity (Wildman–Crippen MR) is 333 cm³/mol. The highest BCUT2D eigenvalue weighted by Crippen LogP contribution is 2.37. The van der Waals surface area contributed by atoms with Crippen LogP contribution in [0.15, 0.2) is 97.5 Å². The van der Waals surface area contributed by atoms with E-state index in [2.05, 4.69) is 46.2 Å². The number of aromatic carboxylic acids is 2. The van der Waals surface area contributed by atoms with Crippen LogP contribution in [0.3, 0.4) is 0 Å². The number of alkyl halides is 3. The van der Waals surface area contributed by atoms with E-state index in [1.54, 1.807) is 54.7 Å². The Labute approximate surface area is 507 Å². The molecule has 4 fully saturated rings. The summed E-state index contributed by atoms with van der Waals surface area (Å²) in [5.74, 6) is 1.16. The summed E-state index contributed by atoms with van der Waals surface area (Å²) >= 11 is 0. The number of anilines is 5. The maximum absolute atomic E-state index is 13.2. The van der Waals surface area contributed by atoms with Crippen molar-refractivity contribution in [2.75, 3.05) is 34.5 Å². The first-order chi connectivity index (χ1) is 43.0. The molecule has 1 atom stereocenters. The van der Waals surface area contributed by atoms with E-state index in [-0.39, 0.29) is 34.3 Å². The van der Waals surface area contributed by atoms with Gasteiger partial charge in [0.15, 0.2) is 17.5 Å². The number of primary amides is 1. The van der Waals surface area contributed by atoms with Crippen molar-refractivity contribution >= 4 is 112 Å². The molecular formula is C65H65F3N14O7. The lowest BCUT2D eigenvalue weighted by Gasteiger charge is -2.14. The third kappa shape index (κ3) is 14.6. The third-order valence-corrected chi connectivity index (χ3v) is 15.6. The topological polar surface area (TPSA) is 300 Å². The molecule has 24 heteroatoms. The lowest BCUT2D eigenvalue weighted by molar-refractivity contribution is -0.137. The number of ether oxygens (including phenoxy) is 2. The van der Waals surface area contributed by atoms with Gasteiger partial charge < -0.3 is 46.7 Å². The molecule has 0 bridgehead atoms. The number of fused-ring (bicyclic) bond motifs is 9. The molecule has 4 aromatic carbocycles. The molecule has 21 nitrogen and oxygen atoms in total. The summed E-state index contributed by atoms with van der Waals surface area (Å²) in [5, 5.41) is 36.5. The molecule has 3 saturated carbocycles. The van der Waals surface area contributed by atoms with Crippen molar-refractivity contribution < 1.29 is 47.2 Å². The average molecular weight is 1210 g/mol. The van der Waals surface area contributed by atoms with Gasteiger partial charge in [-0.25, -0.2) is 54.4 Å². The van der Waals surface area contributed by atoms with Crippen molar-refractivity contribution in [1.82, 2.24) is 44.9 Å². The molecule has 14 rings (SSSR count). The highest BCUT2D eigenvalue weighted by molar-refractivity contribution is 6.12. The third-order valence-electron chi connectivity index (χ3n) is 15.6. The zero-order valence-corrected chi connectivity index (χ0v) is 48.9. The van der Waals surface area contributed by atoms with Crippen LogP contribution < -0.4 is 27.0 Å². The van der Waals surface area contributed by atoms with Gasteiger partial charge in [-0.3, -0.25) is 4.79 Å². The minimum absolute atomic E-state index is 0.203. The molecule has 10 aromatic rings. The normalized spacial score (nSPS) is 15.7. The van der Waals surface area contributed by atoms with Gasteiger partial charge in [0.25, 0.3) is 0 Å². The number of carboxylic acids is 2. The summed E-state index contributed by atoms with van der Waals surface area (Å²) in [6.07, 6.45) is 14.6. The standard InChI is InChI=1S/C22H17F3N6O.C22H26N4O3.C21H22N4O3/c23-22(24,25)12-2-1-3-14(9-12)28-20-18-16(10-27-21(31-18)29-13-5-6-13)15-7-4-11(19(26)32)8-17(15)30-20;1-13(2)29-10-4-3-5-19-23-12-17-16-9-6-14(22(27)28)11-18(16)25-21(20(17)26-19)24-15-7-8-15;26-21(27)12-3-7-15-16-11-22-18(8-6-14-2-1-9-28-14)25-19(16)20(23-13-4-5-13)24-17(15)10-12/h1-4,7-10,13H,5-6H2,(H2,26,32)(H,28,30)(H,27,29,31);6,9,11-13,15H,3-5,7-8,10H2,1-2H3,(H,24,25)(H,27,28);3,7,10-11,13-14H,1-2,4-6,8-9H2,(H,23,24)(H,26,27). The minimum Gasteiger partial charge on any atom is -0.478 e. The molecular weight excluding hydrogens is 1150 g/mol. The van der Waals surface area contributed by atoms with Crippen molar-refractivity contribution in [3.63, 3.8) is 0 Å². The van der Waals surface area contributed by atoms with E-state index < -0.39 is 29.6 Å². The van der Waals surface area contributed by atoms with Gasteiger partial charge in [-0.05, 0) is 139 Å². The number of hydrogen-bond acceptors (Lipinski definition) is 18. The number of nitrogens with zero attached hydrogens (tertiary/aromatic N) is 9. The van der Waals surface area contributed by atoms with Crippen molar-refractivity contribution in [3.05, 3.63) is 131 Å². The number of amides is 1. The van der Waals surface area contributed by atoms with Crippen LogP contribution in [0, 0.1) is 0 Å². The summed E-state index contributed by atoms with van der Waals surface area (Å²) in [6, 6.07) is 20.8. The summed E-state index contributed by atoms with van der Waals surface area (Å²) in [5.41, 5.74) is 9.30. The van der Waals surface area contributed by atoms with Crippen LogP contribution in [0.2, 0.25) is 0 Å². The Morgan fingerprint density at radius 3 is 1.64 bits per heavy atom. The first kappa shape index (κ1) is 59.8. The first-order valence-corrected chi connectivity index (χ1v) is 30.0. The lowest BCUT2D eigenvalue weighted by Crippen LogP contribution is -2.11. The van der Waals surface area contributed by atoms with E-state index >= 15 is 0 Å². The molecule has 7 heterocycles. The van der Waals surface area contributed by atoms with Gasteiger partial charge in [0, 0.05) is 106 Å². The average Bonchev–Trinajstić information content (AvgIpc) is 2.21. The Morgan fingerprint density at radius 2 is 1.12 bits per heavy atom. The van der Waals surface area contributed by atoms with Crippen molar-refractivity contribution in [2.24, 2.45) is 5.73 Å². The highest BCUT2D eigenvalue weighted by Gasteiger charge is 2.31. The second-order valence-corrected chi connectivity index (χ2v) is 23.1. The summed E-state index contributed by atoms with van der Waals surface area (Å²) in [7, 11) is 0. The number of halogens is 3. The summed E-state index contributed by atoms with van der Waals surface area (Å²) < 4.78 is 50.8. The number of nitrogens with two attached hydrogens (primary N) is 1. The molecule has 89 heavy (non-hydrogen) atoms. The number of benzene rings is 4. The van der Waals surface area contributed by atoms with Crippen molar-refractivity contribution in [3.8, 4) is 0 Å². The smallest absolute Gasteiger partial charge is 0.416 e. The fourth-order valence-electron chi connectivity index (χ4n) is 10.5. The zero-order chi connectivity index (χ0) is 61.9. The van der Waals surface area contributed by atoms with E-state index in [9.17, 15) is 37.8 Å². The Morgan fingerprint density at radius 1 is 0.607 bits per heavy atom. The molecule has 0 radical (unpaired) electrons. The first-order valence-electron chi connectivity index (χ1n) is 30.0. The molecule has 0 spiro atoms. The number of rotatable bonds is 20. The fraction of sp³-hybridized carbons (Fsp3) is 0.354. The van der Waals surface area contributed by atoms with Crippen LogP contribution in [0.25, 0.3) is 65.4 Å². The van der Waals surface area contributed by atoms with Crippen LogP contribution in [0.4, 0.5) is 42.3 Å². The Hall–Kier alpha value is -9.55. The zero-order valence-electron chi connectivity index (χ0n) is 48.9. The van der Waals surface area contributed by atoms with Gasteiger partial charge in [-0.2, -0.15) is 13.2 Å². The predicted octanol–water partition coefficient (Wildman–Crippen LogP) is 12.4. The quantitative estimate of drug-likeness (QED) is 0.0275. The molecule has 4 aliphatic rings. The SMILES string of the molecule is CC(C)OCCCCc1ncc2c(n1)c(NC1CC1)nc1cc(C(=O)O)ccc12.NC(=O)c1ccc2c(c1)nc(Nc1cccc(C(F)(F)F)c1)c1nc(NC3CC3)ncc12.O=C(O)c1ccc2c(c1)nc(NC1CC1)c1nc(CCC3CCCO3)ncc12. The molecule has 1 aliphatic heterocycles. The van der Waals surface area contributed by atoms with Crippen LogP contribution in [0.5, 0.6) is 0 Å². The van der Waals surface area contributed by atoms with Gasteiger partial charge in [-0.15, -0.1) is 0 Å². The number of aryl methyl sites for hydroxylation is 2. The van der Waals surface area contributed by atoms with Crippen LogP contribution in [-0.4, -0.2) is 116 Å². The Bertz CT molecular complexity index is 4350. The van der Waals surface area contributed by atoms with E-state index in [4.69, 9.17) is 35.1 Å². The number of nitrogens with one attached hydrogen (secondary N) is 4. The molecule has 8 N–H and O–H groups in total. The summed E-state index contributed by atoms with van der Waals surface area (Å²) in [4.78, 5) is 75.9. The second-order valence-electron chi connectivity index (χ2n) is 23.1. The molecule has 1 saturated heterocycles. The maximum atomic E-state index is 13.2. The van der Waals surface area contributed by atoms with E-state index in [1.165, 1.54) is 18.2 Å². The Kier molecular flexibility index (Phi) is 17.2. The number of hydrogen-bond donors (Lipinski definition) is 7. The number of aromatic nitrogens is 9. The molecule has 1 amide bonds. The van der Waals surface area contributed by atoms with Crippen LogP contribution in [0.1, 0.15) is 133 Å². The lowest BCUT2D eigenvalue weighted by atomic mass is 10.1. The number of carboxylic acid groups (broad SMARTS) is 2. The van der Waals surface area contributed by atoms with Crippen molar-refractivity contribution in [2.45, 2.75) is 134 Å². The molecule has 6 aromatic heterocycles. The Balaban J connectivity index is 0.000000130. The minimum atomic E-state index is -4.48. The van der Waals surface area contributed by atoms with Gasteiger partial charge in [0.1, 0.15) is 28.2 Å². The van der Waals surface area contributed by atoms with Crippen LogP contribution in [-0.2, 0) is 28.5 Å². The number of carbonyl (C=O) groups excluding carboxylic acids is 1. The number of carbonyl (C=O) groups is 3. The van der Waals surface area contributed by atoms with Gasteiger partial charge in [-0.1, -0.05) is 24.3 Å². The van der Waals surface area contributed by atoms with Crippen LogP contribution >= 0.6 is 0 Å². The largest absolute Gasteiger partial charge is 0.478 e. The second kappa shape index (κ2) is 25.6. The molecule has 1 unspecified atom stereocenters. The fourth-order valence-corrected chi connectivity index (χ4v) is 10.5. The van der Waals surface area contributed by atoms with E-state index in [0.717, 1.165) is 153 Å².